The Morgan fingerprint density at radius 2 is 1.77 bits per heavy atom. The van der Waals surface area contributed by atoms with Gasteiger partial charge in [-0.25, -0.2) is 4.79 Å². The molecule has 0 bridgehead atoms. The van der Waals surface area contributed by atoms with Gasteiger partial charge >= 0.3 is 6.09 Å². The van der Waals surface area contributed by atoms with E-state index in [0.29, 0.717) is 21.8 Å². The van der Waals surface area contributed by atoms with Crippen LogP contribution >= 0.6 is 11.6 Å². The molecule has 40 heavy (non-hydrogen) atoms. The number of aryl methyl sites for hydroxylation is 1. The minimum absolute atomic E-state index is 0.200. The molecule has 0 spiro atoms. The Kier molecular flexibility index (Phi) is 8.07. The van der Waals surface area contributed by atoms with Crippen LogP contribution in [-0.2, 0) is 22.6 Å². The van der Waals surface area contributed by atoms with Crippen molar-refractivity contribution in [3.8, 4) is 0 Å². The van der Waals surface area contributed by atoms with Crippen molar-refractivity contribution in [3.05, 3.63) is 130 Å². The second-order valence-corrected chi connectivity index (χ2v) is 9.97. The fourth-order valence-corrected chi connectivity index (χ4v) is 4.71. The molecule has 5 rings (SSSR count). The molecule has 9 heteroatoms. The van der Waals surface area contributed by atoms with E-state index in [9.17, 15) is 14.4 Å². The summed E-state index contributed by atoms with van der Waals surface area (Å²) in [5, 5.41) is 6.22. The largest absolute Gasteiger partial charge is 0.438 e. The summed E-state index contributed by atoms with van der Waals surface area (Å²) in [6, 6.07) is 24.0. The zero-order chi connectivity index (χ0) is 28.1. The fourth-order valence-electron chi connectivity index (χ4n) is 4.52. The first kappa shape index (κ1) is 26.9. The van der Waals surface area contributed by atoms with E-state index in [4.69, 9.17) is 16.3 Å². The third-order valence-electron chi connectivity index (χ3n) is 6.58. The van der Waals surface area contributed by atoms with Crippen LogP contribution in [0.2, 0.25) is 5.02 Å². The van der Waals surface area contributed by atoms with E-state index in [1.165, 1.54) is 4.90 Å². The molecule has 0 radical (unpaired) electrons. The minimum Gasteiger partial charge on any atom is -0.438 e. The number of rotatable bonds is 8. The number of benzene rings is 3. The molecule has 2 N–H and O–H groups in total. The molecule has 1 aliphatic heterocycles. The summed E-state index contributed by atoms with van der Waals surface area (Å²) in [5.74, 6) is -0.699. The van der Waals surface area contributed by atoms with Gasteiger partial charge in [-0.2, -0.15) is 0 Å². The Labute approximate surface area is 236 Å². The van der Waals surface area contributed by atoms with Crippen LogP contribution in [0.5, 0.6) is 0 Å². The van der Waals surface area contributed by atoms with E-state index in [1.807, 2.05) is 37.3 Å². The number of ether oxygens (including phenoxy) is 1. The van der Waals surface area contributed by atoms with Gasteiger partial charge in [-0.15, -0.1) is 0 Å². The van der Waals surface area contributed by atoms with Crippen LogP contribution in [0.4, 0.5) is 10.5 Å². The minimum atomic E-state index is -0.940. The SMILES string of the molecule is Cc1ccc(CN2C(=O)O[C@H](c3cccc(NC(=O)c4cccc(Cl)c4)c3)[C@@H]2C(=O)NCc2cccnc2)cc1. The molecule has 0 aliphatic carbocycles. The lowest BCUT2D eigenvalue weighted by molar-refractivity contribution is -0.126. The molecule has 2 atom stereocenters. The Bertz CT molecular complexity index is 1530. The lowest BCUT2D eigenvalue weighted by Gasteiger charge is -2.24. The third-order valence-corrected chi connectivity index (χ3v) is 6.81. The lowest BCUT2D eigenvalue weighted by atomic mass is 9.99. The summed E-state index contributed by atoms with van der Waals surface area (Å²) in [7, 11) is 0. The topological polar surface area (TPSA) is 101 Å². The number of carbonyl (C=O) groups is 3. The number of pyridine rings is 1. The van der Waals surface area contributed by atoms with Crippen molar-refractivity contribution in [2.45, 2.75) is 32.2 Å². The van der Waals surface area contributed by atoms with Crippen molar-refractivity contribution < 1.29 is 19.1 Å². The maximum absolute atomic E-state index is 13.6. The van der Waals surface area contributed by atoms with Crippen LogP contribution in [0.3, 0.4) is 0 Å². The van der Waals surface area contributed by atoms with Gasteiger partial charge in [0.15, 0.2) is 12.1 Å². The van der Waals surface area contributed by atoms with Crippen LogP contribution in [0.1, 0.15) is 38.7 Å². The average molecular weight is 555 g/mol. The molecule has 1 aromatic heterocycles. The number of hydrogen-bond donors (Lipinski definition) is 2. The summed E-state index contributed by atoms with van der Waals surface area (Å²) in [4.78, 5) is 45.0. The van der Waals surface area contributed by atoms with Gasteiger partial charge in [0, 0.05) is 35.2 Å². The molecule has 0 saturated carbocycles. The highest BCUT2D eigenvalue weighted by Gasteiger charge is 2.47. The van der Waals surface area contributed by atoms with Crippen molar-refractivity contribution >= 4 is 35.2 Å². The van der Waals surface area contributed by atoms with Gasteiger partial charge in [0.1, 0.15) is 0 Å². The molecule has 0 unspecified atom stereocenters. The molecule has 4 aromatic rings. The smallest absolute Gasteiger partial charge is 0.411 e. The van der Waals surface area contributed by atoms with Gasteiger partial charge < -0.3 is 15.4 Å². The predicted molar refractivity (Wildman–Crippen MR) is 152 cm³/mol. The van der Waals surface area contributed by atoms with Gasteiger partial charge in [-0.3, -0.25) is 19.5 Å². The molecular weight excluding hydrogens is 528 g/mol. The van der Waals surface area contributed by atoms with Crippen molar-refractivity contribution in [2.24, 2.45) is 0 Å². The highest BCUT2D eigenvalue weighted by molar-refractivity contribution is 6.31. The number of amides is 3. The van der Waals surface area contributed by atoms with Crippen LogP contribution in [0, 0.1) is 6.92 Å². The molecule has 1 aliphatic rings. The second-order valence-electron chi connectivity index (χ2n) is 9.53. The molecule has 8 nitrogen and oxygen atoms in total. The van der Waals surface area contributed by atoms with Crippen molar-refractivity contribution in [1.82, 2.24) is 15.2 Å². The molecule has 3 aromatic carbocycles. The fraction of sp³-hybridized carbons (Fsp3) is 0.161. The molecule has 2 heterocycles. The first-order chi connectivity index (χ1) is 19.4. The third kappa shape index (κ3) is 6.30. The van der Waals surface area contributed by atoms with Crippen LogP contribution in [-0.4, -0.2) is 33.8 Å². The Hall–Kier alpha value is -4.69. The van der Waals surface area contributed by atoms with E-state index in [0.717, 1.165) is 16.7 Å². The zero-order valence-electron chi connectivity index (χ0n) is 21.7. The maximum Gasteiger partial charge on any atom is 0.411 e. The highest BCUT2D eigenvalue weighted by Crippen LogP contribution is 2.35. The second kappa shape index (κ2) is 12.0. The number of nitrogens with one attached hydrogen (secondary N) is 2. The summed E-state index contributed by atoms with van der Waals surface area (Å²) < 4.78 is 5.79. The van der Waals surface area contributed by atoms with Gasteiger partial charge in [0.2, 0.25) is 5.91 Å². The normalized spacial score (nSPS) is 16.4. The first-order valence-electron chi connectivity index (χ1n) is 12.7. The first-order valence-corrected chi connectivity index (χ1v) is 13.1. The van der Waals surface area contributed by atoms with E-state index in [-0.39, 0.29) is 24.9 Å². The molecular formula is C31H27ClN4O4. The van der Waals surface area contributed by atoms with Crippen molar-refractivity contribution in [2.75, 3.05) is 5.32 Å². The Balaban J connectivity index is 1.40. The molecule has 1 saturated heterocycles. The molecule has 3 amide bonds. The summed E-state index contributed by atoms with van der Waals surface area (Å²) >= 11 is 6.03. The zero-order valence-corrected chi connectivity index (χ0v) is 22.5. The van der Waals surface area contributed by atoms with E-state index in [1.54, 1.807) is 67.0 Å². The monoisotopic (exact) mass is 554 g/mol. The van der Waals surface area contributed by atoms with Gasteiger partial charge in [-0.1, -0.05) is 65.7 Å². The Morgan fingerprint density at radius 3 is 2.52 bits per heavy atom. The number of anilines is 1. The molecule has 1 fully saturated rings. The van der Waals surface area contributed by atoms with Gasteiger partial charge in [0.25, 0.3) is 5.91 Å². The average Bonchev–Trinajstić information content (AvgIpc) is 3.29. The van der Waals surface area contributed by atoms with Crippen LogP contribution in [0.15, 0.2) is 97.3 Å². The number of aromatic nitrogens is 1. The summed E-state index contributed by atoms with van der Waals surface area (Å²) in [6.07, 6.45) is 1.84. The predicted octanol–water partition coefficient (Wildman–Crippen LogP) is 5.67. The van der Waals surface area contributed by atoms with Crippen LogP contribution < -0.4 is 10.6 Å². The van der Waals surface area contributed by atoms with E-state index >= 15 is 0 Å². The lowest BCUT2D eigenvalue weighted by Crippen LogP contribution is -2.46. The number of hydrogen-bond acceptors (Lipinski definition) is 5. The van der Waals surface area contributed by atoms with Crippen molar-refractivity contribution in [3.63, 3.8) is 0 Å². The van der Waals surface area contributed by atoms with E-state index < -0.39 is 18.2 Å². The van der Waals surface area contributed by atoms with Gasteiger partial charge in [-0.05, 0) is 60.0 Å². The van der Waals surface area contributed by atoms with Crippen molar-refractivity contribution in [1.29, 1.82) is 0 Å². The number of nitrogens with zero attached hydrogens (tertiary/aromatic N) is 2. The van der Waals surface area contributed by atoms with Gasteiger partial charge in [0.05, 0.1) is 6.54 Å². The molecule has 202 valence electrons. The van der Waals surface area contributed by atoms with Crippen LogP contribution in [0.25, 0.3) is 0 Å². The number of cyclic esters (lactones) is 1. The Morgan fingerprint density at radius 1 is 0.975 bits per heavy atom. The van der Waals surface area contributed by atoms with E-state index in [2.05, 4.69) is 15.6 Å². The number of carbonyl (C=O) groups excluding carboxylic acids is 3. The maximum atomic E-state index is 13.6. The number of halogens is 1. The summed E-state index contributed by atoms with van der Waals surface area (Å²) in [6.45, 7) is 2.43. The quantitative estimate of drug-likeness (QED) is 0.292. The standard InChI is InChI=1S/C31H27ClN4O4/c1-20-10-12-21(13-11-20)19-36-27(30(38)34-18-22-5-4-14-33-17-22)28(40-31(36)39)23-6-3-9-26(16-23)35-29(37)24-7-2-8-25(32)15-24/h2-17,27-28H,18-19H2,1H3,(H,34,38)(H,35,37)/t27-,28-/m1/s1. The summed E-state index contributed by atoms with van der Waals surface area (Å²) in [5.41, 5.74) is 4.26. The highest BCUT2D eigenvalue weighted by atomic mass is 35.5.